The summed E-state index contributed by atoms with van der Waals surface area (Å²) in [5.41, 5.74) is 0. The van der Waals surface area contributed by atoms with E-state index in [4.69, 9.17) is 0 Å². The average Bonchev–Trinajstić information content (AvgIpc) is 2.89. The first-order chi connectivity index (χ1) is 7.24. The molecule has 0 radical (unpaired) electrons. The van der Waals surface area contributed by atoms with Crippen LogP contribution in [0.4, 0.5) is 0 Å². The lowest BCUT2D eigenvalue weighted by atomic mass is 9.88. The minimum Gasteiger partial charge on any atom is -0.335 e. The number of hydrogen-bond donors (Lipinski definition) is 0. The van der Waals surface area contributed by atoms with E-state index in [0.29, 0.717) is 18.9 Å². The van der Waals surface area contributed by atoms with Crippen molar-refractivity contribution < 1.29 is 9.59 Å². The van der Waals surface area contributed by atoms with Crippen molar-refractivity contribution in [3.05, 3.63) is 0 Å². The van der Waals surface area contributed by atoms with Gasteiger partial charge >= 0.3 is 0 Å². The molecule has 1 amide bonds. The van der Waals surface area contributed by atoms with Gasteiger partial charge < -0.3 is 4.90 Å². The van der Waals surface area contributed by atoms with Crippen LogP contribution in [0, 0.1) is 17.8 Å². The SMILES string of the molecule is O=C1CCN(CC2CC3CCC2C3)C1=O. The van der Waals surface area contributed by atoms with Crippen molar-refractivity contribution >= 4 is 11.7 Å². The molecule has 3 nitrogen and oxygen atoms in total. The topological polar surface area (TPSA) is 37.4 Å². The molecule has 3 unspecified atom stereocenters. The van der Waals surface area contributed by atoms with E-state index in [2.05, 4.69) is 0 Å². The van der Waals surface area contributed by atoms with E-state index < -0.39 is 0 Å². The molecule has 0 aromatic heterocycles. The van der Waals surface area contributed by atoms with Crippen molar-refractivity contribution in [3.63, 3.8) is 0 Å². The molecule has 1 saturated heterocycles. The molecule has 3 rings (SSSR count). The lowest BCUT2D eigenvalue weighted by molar-refractivity contribution is -0.140. The van der Waals surface area contributed by atoms with E-state index in [1.54, 1.807) is 4.90 Å². The fourth-order valence-electron chi connectivity index (χ4n) is 3.68. The van der Waals surface area contributed by atoms with Gasteiger partial charge in [-0.05, 0) is 37.0 Å². The van der Waals surface area contributed by atoms with Crippen molar-refractivity contribution in [1.29, 1.82) is 0 Å². The summed E-state index contributed by atoms with van der Waals surface area (Å²) in [5, 5.41) is 0. The van der Waals surface area contributed by atoms with E-state index in [0.717, 1.165) is 18.4 Å². The molecular weight excluding hydrogens is 190 g/mol. The Hall–Kier alpha value is -0.860. The zero-order chi connectivity index (χ0) is 10.4. The van der Waals surface area contributed by atoms with Crippen LogP contribution in [-0.4, -0.2) is 29.7 Å². The van der Waals surface area contributed by atoms with Crippen LogP contribution in [-0.2, 0) is 9.59 Å². The molecule has 1 heterocycles. The maximum atomic E-state index is 11.5. The summed E-state index contributed by atoms with van der Waals surface area (Å²) >= 11 is 0. The Labute approximate surface area is 89.8 Å². The van der Waals surface area contributed by atoms with Crippen molar-refractivity contribution in [1.82, 2.24) is 4.90 Å². The van der Waals surface area contributed by atoms with Gasteiger partial charge in [0.1, 0.15) is 0 Å². The number of rotatable bonds is 2. The fraction of sp³-hybridized carbons (Fsp3) is 0.833. The van der Waals surface area contributed by atoms with Crippen molar-refractivity contribution in [3.8, 4) is 0 Å². The van der Waals surface area contributed by atoms with Crippen LogP contribution < -0.4 is 0 Å². The van der Waals surface area contributed by atoms with Crippen LogP contribution in [0.3, 0.4) is 0 Å². The highest BCUT2D eigenvalue weighted by Crippen LogP contribution is 2.48. The van der Waals surface area contributed by atoms with Gasteiger partial charge in [-0.3, -0.25) is 9.59 Å². The molecule has 3 aliphatic rings. The average molecular weight is 207 g/mol. The fourth-order valence-corrected chi connectivity index (χ4v) is 3.68. The first-order valence-corrected chi connectivity index (χ1v) is 6.06. The quantitative estimate of drug-likeness (QED) is 0.638. The van der Waals surface area contributed by atoms with E-state index in [1.165, 1.54) is 25.7 Å². The van der Waals surface area contributed by atoms with E-state index in [1.807, 2.05) is 0 Å². The number of Topliss-reactive ketones (excluding diaryl/α,β-unsaturated/α-hetero) is 1. The Morgan fingerprint density at radius 2 is 2.07 bits per heavy atom. The van der Waals surface area contributed by atoms with Crippen LogP contribution in [0.1, 0.15) is 32.1 Å². The Kier molecular flexibility index (Phi) is 2.08. The number of carbonyl (C=O) groups is 2. The number of hydrogen-bond acceptors (Lipinski definition) is 2. The number of likely N-dealkylation sites (tertiary alicyclic amines) is 1. The van der Waals surface area contributed by atoms with Crippen molar-refractivity contribution in [2.45, 2.75) is 32.1 Å². The normalized spacial score (nSPS) is 39.5. The van der Waals surface area contributed by atoms with Crippen LogP contribution >= 0.6 is 0 Å². The van der Waals surface area contributed by atoms with Crippen molar-refractivity contribution in [2.75, 3.05) is 13.1 Å². The summed E-state index contributed by atoms with van der Waals surface area (Å²) in [6, 6.07) is 0. The number of carbonyl (C=O) groups excluding carboxylic acids is 2. The second kappa shape index (κ2) is 3.32. The third kappa shape index (κ3) is 1.48. The van der Waals surface area contributed by atoms with Gasteiger partial charge in [0, 0.05) is 19.5 Å². The predicted octanol–water partition coefficient (Wildman–Crippen LogP) is 1.22. The van der Waals surface area contributed by atoms with Gasteiger partial charge in [0.2, 0.25) is 5.78 Å². The zero-order valence-corrected chi connectivity index (χ0v) is 8.95. The molecule has 0 N–H and O–H groups in total. The van der Waals surface area contributed by atoms with Crippen LogP contribution in [0.15, 0.2) is 0 Å². The molecule has 3 fully saturated rings. The molecule has 2 saturated carbocycles. The molecule has 3 heteroatoms. The number of amides is 1. The number of fused-ring (bicyclic) bond motifs is 2. The molecule has 1 aliphatic heterocycles. The second-order valence-corrected chi connectivity index (χ2v) is 5.36. The van der Waals surface area contributed by atoms with Gasteiger partial charge in [-0.25, -0.2) is 0 Å². The summed E-state index contributed by atoms with van der Waals surface area (Å²) in [5.74, 6) is 2.06. The summed E-state index contributed by atoms with van der Waals surface area (Å²) in [6.07, 6.45) is 5.86. The monoisotopic (exact) mass is 207 g/mol. The molecule has 82 valence electrons. The Balaban J connectivity index is 1.62. The molecule has 15 heavy (non-hydrogen) atoms. The summed E-state index contributed by atoms with van der Waals surface area (Å²) in [7, 11) is 0. The molecule has 0 spiro atoms. The first kappa shape index (κ1) is 9.37. The first-order valence-electron chi connectivity index (χ1n) is 6.06. The second-order valence-electron chi connectivity index (χ2n) is 5.36. The molecule has 0 aromatic carbocycles. The molecule has 2 aliphatic carbocycles. The highest BCUT2D eigenvalue weighted by Gasteiger charge is 2.41. The standard InChI is InChI=1S/C12H17NO2/c14-11-3-4-13(12(11)15)7-10-6-8-1-2-9(10)5-8/h8-10H,1-7H2. The predicted molar refractivity (Wildman–Crippen MR) is 55.1 cm³/mol. The van der Waals surface area contributed by atoms with Gasteiger partial charge in [0.05, 0.1) is 0 Å². The summed E-state index contributed by atoms with van der Waals surface area (Å²) in [6.45, 7) is 1.53. The lowest BCUT2D eigenvalue weighted by Gasteiger charge is -2.26. The number of ketones is 1. The van der Waals surface area contributed by atoms with E-state index in [9.17, 15) is 9.59 Å². The smallest absolute Gasteiger partial charge is 0.290 e. The van der Waals surface area contributed by atoms with Gasteiger partial charge in [0.15, 0.2) is 0 Å². The molecular formula is C12H17NO2. The molecule has 0 aromatic rings. The maximum Gasteiger partial charge on any atom is 0.290 e. The van der Waals surface area contributed by atoms with E-state index in [-0.39, 0.29) is 11.7 Å². The lowest BCUT2D eigenvalue weighted by Crippen LogP contribution is -2.34. The third-order valence-corrected chi connectivity index (χ3v) is 4.47. The highest BCUT2D eigenvalue weighted by atomic mass is 16.2. The Morgan fingerprint density at radius 3 is 2.60 bits per heavy atom. The molecule has 3 atom stereocenters. The Bertz CT molecular complexity index is 313. The van der Waals surface area contributed by atoms with E-state index >= 15 is 0 Å². The van der Waals surface area contributed by atoms with Crippen molar-refractivity contribution in [2.24, 2.45) is 17.8 Å². The van der Waals surface area contributed by atoms with Crippen LogP contribution in [0.2, 0.25) is 0 Å². The van der Waals surface area contributed by atoms with Crippen LogP contribution in [0.25, 0.3) is 0 Å². The Morgan fingerprint density at radius 1 is 1.20 bits per heavy atom. The molecule has 2 bridgehead atoms. The highest BCUT2D eigenvalue weighted by molar-refractivity contribution is 6.37. The third-order valence-electron chi connectivity index (χ3n) is 4.47. The maximum absolute atomic E-state index is 11.5. The van der Waals surface area contributed by atoms with Crippen LogP contribution in [0.5, 0.6) is 0 Å². The van der Waals surface area contributed by atoms with Gasteiger partial charge in [0.25, 0.3) is 5.91 Å². The largest absolute Gasteiger partial charge is 0.335 e. The minimum atomic E-state index is -0.224. The summed E-state index contributed by atoms with van der Waals surface area (Å²) in [4.78, 5) is 24.4. The zero-order valence-electron chi connectivity index (χ0n) is 8.95. The van der Waals surface area contributed by atoms with Gasteiger partial charge in [-0.15, -0.1) is 0 Å². The number of nitrogens with zero attached hydrogens (tertiary/aromatic N) is 1. The minimum absolute atomic E-state index is 0.182. The van der Waals surface area contributed by atoms with Gasteiger partial charge in [-0.1, -0.05) is 6.42 Å². The summed E-state index contributed by atoms with van der Waals surface area (Å²) < 4.78 is 0. The van der Waals surface area contributed by atoms with Gasteiger partial charge in [-0.2, -0.15) is 0 Å².